The van der Waals surface area contributed by atoms with E-state index >= 15 is 0 Å². The minimum absolute atomic E-state index is 0.0551. The summed E-state index contributed by atoms with van der Waals surface area (Å²) in [7, 11) is -3.99. The molecule has 0 spiro atoms. The topological polar surface area (TPSA) is 96.5 Å². The Morgan fingerprint density at radius 1 is 0.821 bits per heavy atom. The summed E-state index contributed by atoms with van der Waals surface area (Å²) in [6.07, 6.45) is 0. The van der Waals surface area contributed by atoms with Crippen LogP contribution >= 0.6 is 0 Å². The molecule has 0 unspecified atom stereocenters. The number of nitrogens with zero attached hydrogens (tertiary/aromatic N) is 3. The lowest BCUT2D eigenvalue weighted by molar-refractivity contribution is -0.138. The largest absolute Gasteiger partial charge is 0.378 e. The monoisotopic (exact) mass is 411 g/mol. The fraction of sp³-hybridized carbons (Fsp3) is 0.556. The summed E-state index contributed by atoms with van der Waals surface area (Å²) >= 11 is 0. The van der Waals surface area contributed by atoms with Gasteiger partial charge >= 0.3 is 0 Å². The minimum Gasteiger partial charge on any atom is -0.378 e. The third-order valence-electron chi connectivity index (χ3n) is 4.73. The number of sulfonamides is 1. The number of benzene rings is 1. The second-order valence-electron chi connectivity index (χ2n) is 6.57. The van der Waals surface area contributed by atoms with Gasteiger partial charge in [-0.2, -0.15) is 4.31 Å². The summed E-state index contributed by atoms with van der Waals surface area (Å²) in [6.45, 7) is 2.57. The van der Waals surface area contributed by atoms with Crippen molar-refractivity contribution in [1.82, 2.24) is 14.1 Å². The summed E-state index contributed by atoms with van der Waals surface area (Å²) in [4.78, 5) is 28.5. The van der Waals surface area contributed by atoms with Crippen LogP contribution < -0.4 is 0 Å². The van der Waals surface area contributed by atoms with E-state index in [9.17, 15) is 18.0 Å². The molecule has 9 nitrogen and oxygen atoms in total. The molecule has 2 amide bonds. The Kier molecular flexibility index (Phi) is 7.00. The van der Waals surface area contributed by atoms with E-state index in [4.69, 9.17) is 9.47 Å². The van der Waals surface area contributed by atoms with Gasteiger partial charge in [-0.05, 0) is 12.1 Å². The van der Waals surface area contributed by atoms with E-state index in [2.05, 4.69) is 0 Å². The van der Waals surface area contributed by atoms with E-state index < -0.39 is 10.0 Å². The van der Waals surface area contributed by atoms with Crippen LogP contribution in [0.15, 0.2) is 35.2 Å². The smallest absolute Gasteiger partial charge is 0.244 e. The number of carbonyl (C=O) groups is 2. The number of rotatable bonds is 6. The van der Waals surface area contributed by atoms with Crippen molar-refractivity contribution in [3.05, 3.63) is 30.3 Å². The van der Waals surface area contributed by atoms with Gasteiger partial charge < -0.3 is 19.3 Å². The van der Waals surface area contributed by atoms with Crippen LogP contribution in [0.4, 0.5) is 0 Å². The Labute approximate surface area is 164 Å². The van der Waals surface area contributed by atoms with Gasteiger partial charge in [-0.3, -0.25) is 9.59 Å². The van der Waals surface area contributed by atoms with E-state index in [0.717, 1.165) is 4.31 Å². The molecule has 10 heteroatoms. The molecule has 2 aliphatic heterocycles. The Morgan fingerprint density at radius 3 is 1.68 bits per heavy atom. The van der Waals surface area contributed by atoms with Crippen LogP contribution in [-0.2, 0) is 29.1 Å². The number of amides is 2. The Morgan fingerprint density at radius 2 is 1.25 bits per heavy atom. The molecular formula is C18H25N3O6S. The number of morpholine rings is 2. The van der Waals surface area contributed by atoms with Crippen molar-refractivity contribution in [3.8, 4) is 0 Å². The maximum absolute atomic E-state index is 13.1. The normalized spacial score (nSPS) is 18.3. The highest BCUT2D eigenvalue weighted by atomic mass is 32.2. The lowest BCUT2D eigenvalue weighted by atomic mass is 10.3. The van der Waals surface area contributed by atoms with Crippen LogP contribution in [0.3, 0.4) is 0 Å². The number of ether oxygens (including phenoxy) is 2. The SMILES string of the molecule is O=C(CN(CC(=O)N1CCOCC1)S(=O)(=O)c1ccccc1)N1CCOCC1. The zero-order valence-corrected chi connectivity index (χ0v) is 16.5. The van der Waals surface area contributed by atoms with Crippen molar-refractivity contribution >= 4 is 21.8 Å². The first-order valence-corrected chi connectivity index (χ1v) is 10.7. The van der Waals surface area contributed by atoms with Crippen molar-refractivity contribution in [2.45, 2.75) is 4.90 Å². The average molecular weight is 411 g/mol. The van der Waals surface area contributed by atoms with Crippen LogP contribution in [0.5, 0.6) is 0 Å². The lowest BCUT2D eigenvalue weighted by Crippen LogP contribution is -2.51. The van der Waals surface area contributed by atoms with E-state index in [1.165, 1.54) is 12.1 Å². The van der Waals surface area contributed by atoms with Crippen molar-refractivity contribution < 1.29 is 27.5 Å². The van der Waals surface area contributed by atoms with E-state index in [1.807, 2.05) is 0 Å². The standard InChI is InChI=1S/C18H25N3O6S/c22-17(19-6-10-26-11-7-19)14-21(15-18(23)20-8-12-27-13-9-20)28(24,25)16-4-2-1-3-5-16/h1-5H,6-15H2. The Balaban J connectivity index is 1.78. The molecule has 1 aromatic carbocycles. The third kappa shape index (κ3) is 5.07. The number of hydrogen-bond acceptors (Lipinski definition) is 6. The number of hydrogen-bond donors (Lipinski definition) is 0. The first kappa shape index (κ1) is 20.7. The van der Waals surface area contributed by atoms with Crippen LogP contribution in [0.2, 0.25) is 0 Å². The highest BCUT2D eigenvalue weighted by Crippen LogP contribution is 2.16. The molecule has 0 atom stereocenters. The van der Waals surface area contributed by atoms with Crippen LogP contribution in [0, 0.1) is 0 Å². The van der Waals surface area contributed by atoms with E-state index in [1.54, 1.807) is 28.0 Å². The number of carbonyl (C=O) groups excluding carboxylic acids is 2. The maximum Gasteiger partial charge on any atom is 0.244 e. The highest BCUT2D eigenvalue weighted by Gasteiger charge is 2.32. The van der Waals surface area contributed by atoms with E-state index in [0.29, 0.717) is 52.6 Å². The third-order valence-corrected chi connectivity index (χ3v) is 6.54. The predicted octanol–water partition coefficient (Wildman–Crippen LogP) is -0.605. The lowest BCUT2D eigenvalue weighted by Gasteiger charge is -2.31. The molecule has 28 heavy (non-hydrogen) atoms. The molecule has 0 saturated carbocycles. The molecule has 2 aliphatic rings. The molecule has 1 aromatic rings. The molecule has 0 aliphatic carbocycles. The second kappa shape index (κ2) is 9.46. The molecule has 0 bridgehead atoms. The molecule has 154 valence electrons. The zero-order valence-electron chi connectivity index (χ0n) is 15.7. The van der Waals surface area contributed by atoms with Crippen molar-refractivity contribution in [2.75, 3.05) is 65.7 Å². The molecule has 2 heterocycles. The summed E-state index contributed by atoms with van der Waals surface area (Å²) in [6, 6.07) is 7.85. The highest BCUT2D eigenvalue weighted by molar-refractivity contribution is 7.89. The van der Waals surface area contributed by atoms with Gasteiger partial charge in [-0.25, -0.2) is 8.42 Å². The zero-order chi connectivity index (χ0) is 20.0. The Hall–Kier alpha value is -2.01. The maximum atomic E-state index is 13.1. The fourth-order valence-electron chi connectivity index (χ4n) is 3.09. The van der Waals surface area contributed by atoms with Gasteiger partial charge in [0.25, 0.3) is 0 Å². The molecule has 0 radical (unpaired) electrons. The van der Waals surface area contributed by atoms with Gasteiger partial charge in [-0.1, -0.05) is 18.2 Å². The Bertz CT molecular complexity index is 742. The van der Waals surface area contributed by atoms with Crippen LogP contribution in [0.1, 0.15) is 0 Å². The summed E-state index contributed by atoms with van der Waals surface area (Å²) < 4.78 is 37.7. The summed E-state index contributed by atoms with van der Waals surface area (Å²) in [5.41, 5.74) is 0. The van der Waals surface area contributed by atoms with E-state index in [-0.39, 0.29) is 29.8 Å². The van der Waals surface area contributed by atoms with Crippen LogP contribution in [0.25, 0.3) is 0 Å². The van der Waals surface area contributed by atoms with Gasteiger partial charge in [0.2, 0.25) is 21.8 Å². The van der Waals surface area contributed by atoms with Crippen LogP contribution in [-0.4, -0.2) is 100 Å². The minimum atomic E-state index is -3.99. The molecule has 3 rings (SSSR count). The van der Waals surface area contributed by atoms with Gasteiger partial charge in [0, 0.05) is 26.2 Å². The van der Waals surface area contributed by atoms with Crippen molar-refractivity contribution in [2.24, 2.45) is 0 Å². The first-order valence-electron chi connectivity index (χ1n) is 9.25. The fourth-order valence-corrected chi connectivity index (χ4v) is 4.45. The first-order chi connectivity index (χ1) is 13.5. The van der Waals surface area contributed by atoms with Gasteiger partial charge in [0.05, 0.1) is 44.4 Å². The summed E-state index contributed by atoms with van der Waals surface area (Å²) in [5, 5.41) is 0. The van der Waals surface area contributed by atoms with Gasteiger partial charge in [-0.15, -0.1) is 0 Å². The van der Waals surface area contributed by atoms with Gasteiger partial charge in [0.15, 0.2) is 0 Å². The molecule has 2 saturated heterocycles. The predicted molar refractivity (Wildman–Crippen MR) is 100.0 cm³/mol. The van der Waals surface area contributed by atoms with Crippen molar-refractivity contribution in [3.63, 3.8) is 0 Å². The second-order valence-corrected chi connectivity index (χ2v) is 8.51. The summed E-state index contributed by atoms with van der Waals surface area (Å²) in [5.74, 6) is -0.671. The molecule has 0 aromatic heterocycles. The van der Waals surface area contributed by atoms with Gasteiger partial charge in [0.1, 0.15) is 0 Å². The average Bonchev–Trinajstić information content (AvgIpc) is 2.75. The molecule has 2 fully saturated rings. The van der Waals surface area contributed by atoms with Crippen molar-refractivity contribution in [1.29, 1.82) is 0 Å². The molecule has 0 N–H and O–H groups in total. The quantitative estimate of drug-likeness (QED) is 0.620. The molecular weight excluding hydrogens is 386 g/mol.